The molecule has 0 radical (unpaired) electrons. The molecule has 3 nitrogen and oxygen atoms in total. The highest BCUT2D eigenvalue weighted by Gasteiger charge is 2.17. The van der Waals surface area contributed by atoms with Crippen LogP contribution in [0.3, 0.4) is 0 Å². The summed E-state index contributed by atoms with van der Waals surface area (Å²) >= 11 is 0. The summed E-state index contributed by atoms with van der Waals surface area (Å²) in [5.41, 5.74) is 4.59. The Morgan fingerprint density at radius 1 is 1.14 bits per heavy atom. The lowest BCUT2D eigenvalue weighted by Gasteiger charge is -2.29. The highest BCUT2D eigenvalue weighted by atomic mass is 15.2. The third kappa shape index (κ3) is 2.58. The molecule has 0 saturated carbocycles. The van der Waals surface area contributed by atoms with Gasteiger partial charge in [0.05, 0.1) is 18.0 Å². The van der Waals surface area contributed by atoms with Crippen LogP contribution in [0.5, 0.6) is 0 Å². The molecular formula is C18H21N3. The summed E-state index contributed by atoms with van der Waals surface area (Å²) in [5.74, 6) is 1.03. The molecule has 0 unspecified atom stereocenters. The Morgan fingerprint density at radius 3 is 2.57 bits per heavy atom. The molecule has 1 saturated heterocycles. The number of nitrogens with zero attached hydrogens (tertiary/aromatic N) is 3. The van der Waals surface area contributed by atoms with Crippen molar-refractivity contribution < 1.29 is 0 Å². The van der Waals surface area contributed by atoms with Crippen molar-refractivity contribution in [3.8, 4) is 6.07 Å². The van der Waals surface area contributed by atoms with E-state index in [2.05, 4.69) is 43.0 Å². The van der Waals surface area contributed by atoms with E-state index >= 15 is 0 Å². The number of piperidine rings is 1. The SMILES string of the molecule is Cc1ccc(C)c2nc(N3CCCCC3)c(CC#N)cc12. The molecule has 0 atom stereocenters. The van der Waals surface area contributed by atoms with Crippen molar-refractivity contribution in [2.75, 3.05) is 18.0 Å². The van der Waals surface area contributed by atoms with Gasteiger partial charge in [-0.1, -0.05) is 12.1 Å². The van der Waals surface area contributed by atoms with Crippen molar-refractivity contribution in [2.24, 2.45) is 0 Å². The van der Waals surface area contributed by atoms with E-state index in [9.17, 15) is 0 Å². The molecular weight excluding hydrogens is 258 g/mol. The maximum absolute atomic E-state index is 9.14. The highest BCUT2D eigenvalue weighted by molar-refractivity contribution is 5.87. The van der Waals surface area contributed by atoms with Crippen LogP contribution in [0, 0.1) is 25.2 Å². The fraction of sp³-hybridized carbons (Fsp3) is 0.444. The van der Waals surface area contributed by atoms with Crippen LogP contribution >= 0.6 is 0 Å². The molecule has 3 heteroatoms. The fourth-order valence-electron chi connectivity index (χ4n) is 3.16. The zero-order valence-corrected chi connectivity index (χ0v) is 12.8. The molecule has 0 N–H and O–H groups in total. The molecule has 1 aliphatic rings. The highest BCUT2D eigenvalue weighted by Crippen LogP contribution is 2.29. The maximum Gasteiger partial charge on any atom is 0.133 e. The Kier molecular flexibility index (Phi) is 3.79. The van der Waals surface area contributed by atoms with Gasteiger partial charge in [-0.15, -0.1) is 0 Å². The minimum atomic E-state index is 0.433. The van der Waals surface area contributed by atoms with E-state index in [-0.39, 0.29) is 0 Å². The normalized spacial score (nSPS) is 15.2. The summed E-state index contributed by atoms with van der Waals surface area (Å²) < 4.78 is 0. The van der Waals surface area contributed by atoms with Crippen LogP contribution in [0.15, 0.2) is 18.2 Å². The second kappa shape index (κ2) is 5.73. The minimum Gasteiger partial charge on any atom is -0.356 e. The Hall–Kier alpha value is -2.08. The Labute approximate surface area is 126 Å². The number of pyridine rings is 1. The molecule has 2 heterocycles. The molecule has 0 aliphatic carbocycles. The van der Waals surface area contributed by atoms with Gasteiger partial charge in [0.1, 0.15) is 5.82 Å². The Bertz CT molecular complexity index is 706. The van der Waals surface area contributed by atoms with Gasteiger partial charge in [0, 0.05) is 24.0 Å². The molecule has 1 aromatic heterocycles. The predicted octanol–water partition coefficient (Wildman–Crippen LogP) is 3.91. The molecule has 0 spiro atoms. The molecule has 0 bridgehead atoms. The number of aryl methyl sites for hydroxylation is 2. The number of aromatic nitrogens is 1. The van der Waals surface area contributed by atoms with Gasteiger partial charge >= 0.3 is 0 Å². The van der Waals surface area contributed by atoms with Gasteiger partial charge in [-0.3, -0.25) is 0 Å². The number of anilines is 1. The van der Waals surface area contributed by atoms with E-state index in [1.165, 1.54) is 35.8 Å². The van der Waals surface area contributed by atoms with Crippen molar-refractivity contribution in [3.05, 3.63) is 34.9 Å². The lowest BCUT2D eigenvalue weighted by Crippen LogP contribution is -2.31. The molecule has 108 valence electrons. The van der Waals surface area contributed by atoms with Gasteiger partial charge < -0.3 is 4.90 Å². The second-order valence-corrected chi connectivity index (χ2v) is 5.95. The fourth-order valence-corrected chi connectivity index (χ4v) is 3.16. The van der Waals surface area contributed by atoms with Crippen LogP contribution in [0.4, 0.5) is 5.82 Å². The van der Waals surface area contributed by atoms with Gasteiger partial charge in [0.2, 0.25) is 0 Å². The maximum atomic E-state index is 9.14. The van der Waals surface area contributed by atoms with E-state index < -0.39 is 0 Å². The zero-order valence-electron chi connectivity index (χ0n) is 12.8. The molecule has 21 heavy (non-hydrogen) atoms. The van der Waals surface area contributed by atoms with Gasteiger partial charge in [-0.25, -0.2) is 4.98 Å². The molecule has 0 amide bonds. The van der Waals surface area contributed by atoms with Gasteiger partial charge in [0.15, 0.2) is 0 Å². The first-order valence-electron chi connectivity index (χ1n) is 7.72. The first-order chi connectivity index (χ1) is 10.2. The second-order valence-electron chi connectivity index (χ2n) is 5.95. The van der Waals surface area contributed by atoms with Gasteiger partial charge in [0.25, 0.3) is 0 Å². The molecule has 3 rings (SSSR count). The van der Waals surface area contributed by atoms with E-state index in [0.717, 1.165) is 30.0 Å². The van der Waals surface area contributed by atoms with Crippen molar-refractivity contribution in [1.82, 2.24) is 4.98 Å². The number of fused-ring (bicyclic) bond motifs is 1. The third-order valence-corrected chi connectivity index (χ3v) is 4.39. The summed E-state index contributed by atoms with van der Waals surface area (Å²) in [6, 6.07) is 8.74. The van der Waals surface area contributed by atoms with Crippen molar-refractivity contribution in [3.63, 3.8) is 0 Å². The summed E-state index contributed by atoms with van der Waals surface area (Å²) in [5, 5.41) is 10.3. The summed E-state index contributed by atoms with van der Waals surface area (Å²) in [6.07, 6.45) is 4.18. The predicted molar refractivity (Wildman–Crippen MR) is 86.6 cm³/mol. The molecule has 1 aliphatic heterocycles. The average Bonchev–Trinajstić information content (AvgIpc) is 2.52. The first-order valence-corrected chi connectivity index (χ1v) is 7.72. The third-order valence-electron chi connectivity index (χ3n) is 4.39. The average molecular weight is 279 g/mol. The van der Waals surface area contributed by atoms with E-state index in [1.54, 1.807) is 0 Å². The number of rotatable bonds is 2. The van der Waals surface area contributed by atoms with E-state index in [4.69, 9.17) is 10.2 Å². The number of nitriles is 1. The topological polar surface area (TPSA) is 39.9 Å². The van der Waals surface area contributed by atoms with Crippen LogP contribution in [-0.2, 0) is 6.42 Å². The van der Waals surface area contributed by atoms with E-state index in [0.29, 0.717) is 6.42 Å². The Morgan fingerprint density at radius 2 is 1.86 bits per heavy atom. The number of hydrogen-bond acceptors (Lipinski definition) is 3. The summed E-state index contributed by atoms with van der Waals surface area (Å²) in [7, 11) is 0. The zero-order chi connectivity index (χ0) is 14.8. The van der Waals surface area contributed by atoms with Crippen LogP contribution < -0.4 is 4.90 Å². The van der Waals surface area contributed by atoms with Crippen LogP contribution in [-0.4, -0.2) is 18.1 Å². The molecule has 1 aromatic carbocycles. The van der Waals surface area contributed by atoms with Gasteiger partial charge in [-0.05, 0) is 50.3 Å². The standard InChI is InChI=1S/C18H21N3/c1-13-6-7-14(2)17-16(13)12-15(8-9-19)18(20-17)21-10-4-3-5-11-21/h6-7,12H,3-5,8,10-11H2,1-2H3. The minimum absolute atomic E-state index is 0.433. The lowest BCUT2D eigenvalue weighted by atomic mass is 10.0. The summed E-state index contributed by atoms with van der Waals surface area (Å²) in [4.78, 5) is 7.31. The molecule has 1 fully saturated rings. The smallest absolute Gasteiger partial charge is 0.133 e. The molecule has 2 aromatic rings. The summed E-state index contributed by atoms with van der Waals surface area (Å²) in [6.45, 7) is 6.34. The van der Waals surface area contributed by atoms with Gasteiger partial charge in [-0.2, -0.15) is 5.26 Å². The van der Waals surface area contributed by atoms with Crippen LogP contribution in [0.2, 0.25) is 0 Å². The van der Waals surface area contributed by atoms with Crippen molar-refractivity contribution in [2.45, 2.75) is 39.5 Å². The van der Waals surface area contributed by atoms with Crippen molar-refractivity contribution >= 4 is 16.7 Å². The number of benzene rings is 1. The lowest BCUT2D eigenvalue weighted by molar-refractivity contribution is 0.572. The number of hydrogen-bond donors (Lipinski definition) is 0. The van der Waals surface area contributed by atoms with Crippen LogP contribution in [0.25, 0.3) is 10.9 Å². The monoisotopic (exact) mass is 279 g/mol. The Balaban J connectivity index is 2.19. The quantitative estimate of drug-likeness (QED) is 0.836. The largest absolute Gasteiger partial charge is 0.356 e. The van der Waals surface area contributed by atoms with Crippen LogP contribution in [0.1, 0.15) is 36.0 Å². The first kappa shape index (κ1) is 13.9. The van der Waals surface area contributed by atoms with E-state index in [1.807, 2.05) is 0 Å². The van der Waals surface area contributed by atoms with Crippen molar-refractivity contribution in [1.29, 1.82) is 5.26 Å².